The maximum absolute atomic E-state index is 12.4. The first kappa shape index (κ1) is 17.4. The Bertz CT molecular complexity index is 767. The normalized spacial score (nSPS) is 20.9. The maximum Gasteiger partial charge on any atom is 0.233 e. The lowest BCUT2D eigenvalue weighted by atomic mass is 10.2. The van der Waals surface area contributed by atoms with Crippen LogP contribution in [0.25, 0.3) is 5.69 Å². The number of carbonyl (C=O) groups is 1. The van der Waals surface area contributed by atoms with Crippen molar-refractivity contribution in [2.24, 2.45) is 0 Å². The van der Waals surface area contributed by atoms with Crippen molar-refractivity contribution < 1.29 is 4.79 Å². The van der Waals surface area contributed by atoms with Gasteiger partial charge in [0.25, 0.3) is 0 Å². The van der Waals surface area contributed by atoms with Crippen LogP contribution in [0, 0.1) is 6.92 Å². The third-order valence-corrected chi connectivity index (χ3v) is 6.24. The molecule has 2 saturated heterocycles. The summed E-state index contributed by atoms with van der Waals surface area (Å²) >= 11 is 1.54. The first-order valence-electron chi connectivity index (χ1n) is 9.44. The Morgan fingerprint density at radius 1 is 1.08 bits per heavy atom. The lowest BCUT2D eigenvalue weighted by Crippen LogP contribution is -2.31. The van der Waals surface area contributed by atoms with E-state index in [4.69, 9.17) is 0 Å². The number of anilines is 1. The zero-order chi connectivity index (χ0) is 17.9. The summed E-state index contributed by atoms with van der Waals surface area (Å²) in [5.41, 5.74) is 2.28. The van der Waals surface area contributed by atoms with Gasteiger partial charge in [-0.3, -0.25) is 9.36 Å². The number of aryl methyl sites for hydroxylation is 1. The molecule has 1 unspecified atom stereocenters. The Labute approximate surface area is 158 Å². The lowest BCUT2D eigenvalue weighted by molar-refractivity contribution is -0.120. The van der Waals surface area contributed by atoms with E-state index in [0.29, 0.717) is 0 Å². The summed E-state index contributed by atoms with van der Waals surface area (Å²) in [7, 11) is 0. The molecule has 7 heteroatoms. The molecule has 2 aliphatic rings. The highest BCUT2D eigenvalue weighted by atomic mass is 32.2. The average Bonchev–Trinajstić information content (AvgIpc) is 3.26. The molecule has 1 amide bonds. The fourth-order valence-corrected chi connectivity index (χ4v) is 4.64. The zero-order valence-electron chi connectivity index (χ0n) is 15.1. The van der Waals surface area contributed by atoms with Crippen molar-refractivity contribution in [3.05, 3.63) is 29.8 Å². The summed E-state index contributed by atoms with van der Waals surface area (Å²) in [6.45, 7) is 4.89. The van der Waals surface area contributed by atoms with Crippen molar-refractivity contribution in [3.8, 4) is 5.69 Å². The number of hydrogen-bond acceptors (Lipinski definition) is 5. The highest BCUT2D eigenvalue weighted by Crippen LogP contribution is 2.32. The molecule has 138 valence electrons. The highest BCUT2D eigenvalue weighted by Gasteiger charge is 2.27. The van der Waals surface area contributed by atoms with E-state index in [2.05, 4.69) is 56.2 Å². The Hall–Kier alpha value is -2.02. The predicted molar refractivity (Wildman–Crippen MR) is 104 cm³/mol. The molecule has 2 aromatic rings. The smallest absolute Gasteiger partial charge is 0.233 e. The van der Waals surface area contributed by atoms with Crippen molar-refractivity contribution in [2.45, 2.75) is 49.4 Å². The molecular formula is C19H25N5OS. The average molecular weight is 372 g/mol. The van der Waals surface area contributed by atoms with Crippen molar-refractivity contribution in [3.63, 3.8) is 0 Å². The van der Waals surface area contributed by atoms with Crippen LogP contribution >= 0.6 is 11.8 Å². The van der Waals surface area contributed by atoms with Gasteiger partial charge >= 0.3 is 0 Å². The van der Waals surface area contributed by atoms with E-state index < -0.39 is 0 Å². The van der Waals surface area contributed by atoms with E-state index in [-0.39, 0.29) is 11.2 Å². The van der Waals surface area contributed by atoms with Crippen LogP contribution in [0.2, 0.25) is 0 Å². The van der Waals surface area contributed by atoms with E-state index in [9.17, 15) is 4.79 Å². The molecule has 2 fully saturated rings. The summed E-state index contributed by atoms with van der Waals surface area (Å²) in [6, 6.07) is 8.43. The van der Waals surface area contributed by atoms with Gasteiger partial charge in [0.15, 0.2) is 5.16 Å². The van der Waals surface area contributed by atoms with Gasteiger partial charge in [0.2, 0.25) is 11.9 Å². The van der Waals surface area contributed by atoms with E-state index in [0.717, 1.165) is 55.7 Å². The number of carbonyl (C=O) groups excluding carboxylic acids is 1. The van der Waals surface area contributed by atoms with Crippen LogP contribution in [-0.2, 0) is 4.79 Å². The van der Waals surface area contributed by atoms with Crippen LogP contribution in [0.15, 0.2) is 29.4 Å². The van der Waals surface area contributed by atoms with Gasteiger partial charge in [-0.25, -0.2) is 0 Å². The van der Waals surface area contributed by atoms with E-state index in [1.54, 1.807) is 11.8 Å². The van der Waals surface area contributed by atoms with Crippen LogP contribution in [0.3, 0.4) is 0 Å². The van der Waals surface area contributed by atoms with E-state index in [1.807, 2.05) is 0 Å². The lowest BCUT2D eigenvalue weighted by Gasteiger charge is -2.19. The van der Waals surface area contributed by atoms with Gasteiger partial charge in [-0.2, -0.15) is 0 Å². The van der Waals surface area contributed by atoms with Gasteiger partial charge in [-0.1, -0.05) is 35.9 Å². The first-order chi connectivity index (χ1) is 12.7. The fraction of sp³-hybridized carbons (Fsp3) is 0.526. The van der Waals surface area contributed by atoms with Crippen LogP contribution in [0.1, 0.15) is 37.7 Å². The number of hydrogen-bond donors (Lipinski definition) is 1. The topological polar surface area (TPSA) is 63.1 Å². The molecule has 0 bridgehead atoms. The second-order valence-electron chi connectivity index (χ2n) is 7.04. The van der Waals surface area contributed by atoms with Crippen LogP contribution in [-0.4, -0.2) is 45.6 Å². The van der Waals surface area contributed by atoms with E-state index >= 15 is 0 Å². The molecule has 0 spiro atoms. The van der Waals surface area contributed by atoms with Crippen molar-refractivity contribution in [1.82, 2.24) is 20.1 Å². The molecular weight excluding hydrogens is 346 g/mol. The number of nitrogens with one attached hydrogen (secondary N) is 1. The standard InChI is InChI=1S/C19H25N5OS/c1-14-7-9-15(10-8-14)24-18(23-12-4-5-13-23)21-22-19(24)26-16-6-2-3-11-20-17(16)25/h7-10,16H,2-6,11-13H2,1H3,(H,20,25). The largest absolute Gasteiger partial charge is 0.355 e. The van der Waals surface area contributed by atoms with Crippen molar-refractivity contribution in [2.75, 3.05) is 24.5 Å². The molecule has 0 radical (unpaired) electrons. The molecule has 2 aliphatic heterocycles. The number of benzene rings is 1. The van der Waals surface area contributed by atoms with Gasteiger partial charge < -0.3 is 10.2 Å². The molecule has 1 atom stereocenters. The summed E-state index contributed by atoms with van der Waals surface area (Å²) in [6.07, 6.45) is 5.37. The van der Waals surface area contributed by atoms with Gasteiger partial charge in [-0.05, 0) is 44.7 Å². The predicted octanol–water partition coefficient (Wildman–Crippen LogP) is 2.94. The minimum atomic E-state index is -0.0997. The number of amides is 1. The fourth-order valence-electron chi connectivity index (χ4n) is 3.53. The SMILES string of the molecule is Cc1ccc(-n2c(SC3CCCCNC3=O)nnc2N2CCCC2)cc1. The van der Waals surface area contributed by atoms with Gasteiger partial charge in [0.1, 0.15) is 0 Å². The van der Waals surface area contributed by atoms with Gasteiger partial charge in [-0.15, -0.1) is 10.2 Å². The second kappa shape index (κ2) is 7.70. The van der Waals surface area contributed by atoms with E-state index in [1.165, 1.54) is 18.4 Å². The molecule has 0 saturated carbocycles. The number of rotatable bonds is 4. The Morgan fingerprint density at radius 2 is 1.85 bits per heavy atom. The number of nitrogens with zero attached hydrogens (tertiary/aromatic N) is 4. The summed E-state index contributed by atoms with van der Waals surface area (Å²) in [5.74, 6) is 1.01. The molecule has 1 aromatic heterocycles. The zero-order valence-corrected chi connectivity index (χ0v) is 16.0. The number of thioether (sulfide) groups is 1. The molecule has 1 N–H and O–H groups in total. The van der Waals surface area contributed by atoms with Crippen molar-refractivity contribution in [1.29, 1.82) is 0 Å². The molecule has 3 heterocycles. The van der Waals surface area contributed by atoms with Crippen LogP contribution < -0.4 is 10.2 Å². The molecule has 1 aromatic carbocycles. The minimum Gasteiger partial charge on any atom is -0.355 e. The van der Waals surface area contributed by atoms with Crippen LogP contribution in [0.5, 0.6) is 0 Å². The molecule has 6 nitrogen and oxygen atoms in total. The Kier molecular flexibility index (Phi) is 5.15. The number of aromatic nitrogens is 3. The monoisotopic (exact) mass is 371 g/mol. The third-order valence-electron chi connectivity index (χ3n) is 5.03. The minimum absolute atomic E-state index is 0.0997. The Balaban J connectivity index is 1.69. The maximum atomic E-state index is 12.4. The summed E-state index contributed by atoms with van der Waals surface area (Å²) < 4.78 is 2.12. The second-order valence-corrected chi connectivity index (χ2v) is 8.21. The van der Waals surface area contributed by atoms with Gasteiger partial charge in [0.05, 0.1) is 10.9 Å². The Morgan fingerprint density at radius 3 is 2.62 bits per heavy atom. The van der Waals surface area contributed by atoms with Crippen molar-refractivity contribution >= 4 is 23.6 Å². The highest BCUT2D eigenvalue weighted by molar-refractivity contribution is 8.00. The van der Waals surface area contributed by atoms with Crippen LogP contribution in [0.4, 0.5) is 5.95 Å². The molecule has 26 heavy (non-hydrogen) atoms. The molecule has 0 aliphatic carbocycles. The quantitative estimate of drug-likeness (QED) is 0.895. The third kappa shape index (κ3) is 3.58. The summed E-state index contributed by atoms with van der Waals surface area (Å²) in [5, 5.41) is 12.7. The summed E-state index contributed by atoms with van der Waals surface area (Å²) in [4.78, 5) is 14.7. The molecule has 4 rings (SSSR count). The first-order valence-corrected chi connectivity index (χ1v) is 10.3. The van der Waals surface area contributed by atoms with Gasteiger partial charge in [0, 0.05) is 19.6 Å².